The predicted octanol–water partition coefficient (Wildman–Crippen LogP) is 0.940. The van der Waals surface area contributed by atoms with Crippen LogP contribution in [0.1, 0.15) is 10.4 Å². The maximum atomic E-state index is 13.1. The van der Waals surface area contributed by atoms with Crippen LogP contribution in [0.25, 0.3) is 0 Å². The van der Waals surface area contributed by atoms with Crippen molar-refractivity contribution in [1.82, 2.24) is 8.61 Å². The van der Waals surface area contributed by atoms with Crippen molar-refractivity contribution < 1.29 is 35.8 Å². The van der Waals surface area contributed by atoms with Gasteiger partial charge in [-0.3, -0.25) is 0 Å². The third-order valence-electron chi connectivity index (χ3n) is 5.26. The topological polar surface area (TPSA) is 120 Å². The van der Waals surface area contributed by atoms with E-state index in [1.807, 2.05) is 0 Å². The Morgan fingerprint density at radius 2 is 1.44 bits per heavy atom. The zero-order chi connectivity index (χ0) is 22.9. The smallest absolute Gasteiger partial charge is 0.339 e. The molecular formula is C20H22N2O8S2. The van der Waals surface area contributed by atoms with E-state index in [0.29, 0.717) is 24.7 Å². The molecule has 0 N–H and O–H groups in total. The molecule has 2 heterocycles. The lowest BCUT2D eigenvalue weighted by Gasteiger charge is -2.33. The monoisotopic (exact) mass is 482 g/mol. The van der Waals surface area contributed by atoms with Crippen LogP contribution in [0.5, 0.6) is 11.5 Å². The summed E-state index contributed by atoms with van der Waals surface area (Å²) in [5, 5.41) is 0. The van der Waals surface area contributed by atoms with Gasteiger partial charge in [-0.25, -0.2) is 21.6 Å². The molecule has 0 bridgehead atoms. The van der Waals surface area contributed by atoms with Crippen LogP contribution in [-0.4, -0.2) is 77.9 Å². The number of benzene rings is 2. The van der Waals surface area contributed by atoms with Gasteiger partial charge >= 0.3 is 5.97 Å². The zero-order valence-electron chi connectivity index (χ0n) is 17.3. The standard InChI is InChI=1S/C20H22N2O8S2/c1-28-20(23)16-4-2-3-5-19(16)32(26,27)22-10-8-21(9-11-22)31(24,25)15-6-7-17-18(14-15)30-13-12-29-17/h2-7,14H,8-13H2,1H3. The van der Waals surface area contributed by atoms with Gasteiger partial charge in [-0.15, -0.1) is 0 Å². The number of ether oxygens (including phenoxy) is 3. The Morgan fingerprint density at radius 1 is 0.844 bits per heavy atom. The molecule has 0 spiro atoms. The molecule has 0 aromatic heterocycles. The van der Waals surface area contributed by atoms with Crippen LogP contribution in [-0.2, 0) is 24.8 Å². The summed E-state index contributed by atoms with van der Waals surface area (Å²) >= 11 is 0. The fourth-order valence-electron chi connectivity index (χ4n) is 3.59. The highest BCUT2D eigenvalue weighted by atomic mass is 32.2. The van der Waals surface area contributed by atoms with E-state index >= 15 is 0 Å². The normalized spacial score (nSPS) is 17.7. The first-order valence-corrected chi connectivity index (χ1v) is 12.7. The average molecular weight is 483 g/mol. The van der Waals surface area contributed by atoms with Crippen molar-refractivity contribution in [3.8, 4) is 11.5 Å². The lowest BCUT2D eigenvalue weighted by molar-refractivity contribution is 0.0596. The second-order valence-electron chi connectivity index (χ2n) is 7.10. The third kappa shape index (κ3) is 4.06. The second-order valence-corrected chi connectivity index (χ2v) is 10.9. The number of rotatable bonds is 5. The Bertz CT molecular complexity index is 1240. The summed E-state index contributed by atoms with van der Waals surface area (Å²) in [5.41, 5.74) is -0.0682. The molecule has 0 saturated carbocycles. The Balaban J connectivity index is 1.52. The van der Waals surface area contributed by atoms with Crippen molar-refractivity contribution in [3.05, 3.63) is 48.0 Å². The number of carbonyl (C=O) groups is 1. The quantitative estimate of drug-likeness (QED) is 0.578. The van der Waals surface area contributed by atoms with E-state index in [9.17, 15) is 21.6 Å². The number of carbonyl (C=O) groups excluding carboxylic acids is 1. The number of hydrogen-bond acceptors (Lipinski definition) is 8. The van der Waals surface area contributed by atoms with E-state index < -0.39 is 26.0 Å². The molecule has 0 aliphatic carbocycles. The summed E-state index contributed by atoms with van der Waals surface area (Å²) < 4.78 is 70.4. The first-order chi connectivity index (χ1) is 15.2. The van der Waals surface area contributed by atoms with E-state index in [1.54, 1.807) is 12.1 Å². The molecule has 0 radical (unpaired) electrons. The molecule has 10 nitrogen and oxygen atoms in total. The van der Waals surface area contributed by atoms with Gasteiger partial charge in [0.1, 0.15) is 13.2 Å². The summed E-state index contributed by atoms with van der Waals surface area (Å²) in [6, 6.07) is 10.2. The molecule has 1 fully saturated rings. The van der Waals surface area contributed by atoms with E-state index in [4.69, 9.17) is 9.47 Å². The number of sulfonamides is 2. The Labute approximate surface area is 186 Å². The van der Waals surface area contributed by atoms with Gasteiger partial charge in [-0.2, -0.15) is 8.61 Å². The van der Waals surface area contributed by atoms with E-state index in [2.05, 4.69) is 4.74 Å². The molecule has 0 amide bonds. The van der Waals surface area contributed by atoms with Crippen LogP contribution in [0.15, 0.2) is 52.3 Å². The highest BCUT2D eigenvalue weighted by Crippen LogP contribution is 2.33. The van der Waals surface area contributed by atoms with Gasteiger partial charge in [0.25, 0.3) is 0 Å². The average Bonchev–Trinajstić information content (AvgIpc) is 2.83. The maximum absolute atomic E-state index is 13.1. The van der Waals surface area contributed by atoms with Crippen LogP contribution < -0.4 is 9.47 Å². The molecule has 0 unspecified atom stereocenters. The van der Waals surface area contributed by atoms with E-state index in [-0.39, 0.29) is 41.5 Å². The number of piperazine rings is 1. The van der Waals surface area contributed by atoms with Crippen molar-refractivity contribution in [2.24, 2.45) is 0 Å². The minimum absolute atomic E-state index is 0.0314. The van der Waals surface area contributed by atoms with E-state index in [0.717, 1.165) is 0 Å². The highest BCUT2D eigenvalue weighted by molar-refractivity contribution is 7.89. The van der Waals surface area contributed by atoms with Gasteiger partial charge in [0.05, 0.1) is 22.5 Å². The lowest BCUT2D eigenvalue weighted by atomic mass is 10.2. The summed E-state index contributed by atoms with van der Waals surface area (Å²) in [6.45, 7) is 0.560. The van der Waals surface area contributed by atoms with Crippen molar-refractivity contribution in [3.63, 3.8) is 0 Å². The molecule has 1 saturated heterocycles. The fourth-order valence-corrected chi connectivity index (χ4v) is 6.63. The molecule has 32 heavy (non-hydrogen) atoms. The number of fused-ring (bicyclic) bond motifs is 1. The number of hydrogen-bond donors (Lipinski definition) is 0. The number of methoxy groups -OCH3 is 1. The molecule has 2 aliphatic heterocycles. The molecule has 0 atom stereocenters. The maximum Gasteiger partial charge on any atom is 0.339 e. The largest absolute Gasteiger partial charge is 0.486 e. The van der Waals surface area contributed by atoms with Crippen molar-refractivity contribution in [2.45, 2.75) is 9.79 Å². The van der Waals surface area contributed by atoms with Crippen molar-refractivity contribution in [2.75, 3.05) is 46.5 Å². The summed E-state index contributed by atoms with van der Waals surface area (Å²) in [7, 11) is -6.70. The van der Waals surface area contributed by atoms with Crippen LogP contribution in [0.2, 0.25) is 0 Å². The van der Waals surface area contributed by atoms with Gasteiger partial charge in [0.2, 0.25) is 20.0 Å². The SMILES string of the molecule is COC(=O)c1ccccc1S(=O)(=O)N1CCN(S(=O)(=O)c2ccc3c(c2)OCCO3)CC1. The molecule has 2 aliphatic rings. The summed E-state index contributed by atoms with van der Waals surface area (Å²) in [5.74, 6) is 0.0809. The van der Waals surface area contributed by atoms with Gasteiger partial charge in [0.15, 0.2) is 11.5 Å². The molecular weight excluding hydrogens is 460 g/mol. The third-order valence-corrected chi connectivity index (χ3v) is 9.11. The molecule has 2 aromatic carbocycles. The van der Waals surface area contributed by atoms with Crippen LogP contribution in [0, 0.1) is 0 Å². The van der Waals surface area contributed by atoms with Crippen molar-refractivity contribution >= 4 is 26.0 Å². The Kier molecular flexibility index (Phi) is 6.12. The van der Waals surface area contributed by atoms with Gasteiger partial charge in [0, 0.05) is 32.2 Å². The van der Waals surface area contributed by atoms with Gasteiger partial charge in [-0.05, 0) is 24.3 Å². The van der Waals surface area contributed by atoms with Crippen LogP contribution >= 0.6 is 0 Å². The fraction of sp³-hybridized carbons (Fsp3) is 0.350. The Morgan fingerprint density at radius 3 is 2.09 bits per heavy atom. The minimum atomic E-state index is -4.02. The van der Waals surface area contributed by atoms with Gasteiger partial charge in [-0.1, -0.05) is 12.1 Å². The number of esters is 1. The first kappa shape index (κ1) is 22.5. The second kappa shape index (κ2) is 8.70. The predicted molar refractivity (Wildman–Crippen MR) is 113 cm³/mol. The lowest BCUT2D eigenvalue weighted by Crippen LogP contribution is -2.50. The van der Waals surface area contributed by atoms with Crippen LogP contribution in [0.3, 0.4) is 0 Å². The zero-order valence-corrected chi connectivity index (χ0v) is 18.9. The van der Waals surface area contributed by atoms with Gasteiger partial charge < -0.3 is 14.2 Å². The highest BCUT2D eigenvalue weighted by Gasteiger charge is 2.36. The van der Waals surface area contributed by atoms with E-state index in [1.165, 1.54) is 46.1 Å². The molecule has 4 rings (SSSR count). The van der Waals surface area contributed by atoms with Crippen molar-refractivity contribution in [1.29, 1.82) is 0 Å². The first-order valence-electron chi connectivity index (χ1n) is 9.82. The summed E-state index contributed by atoms with van der Waals surface area (Å²) in [4.78, 5) is 11.9. The summed E-state index contributed by atoms with van der Waals surface area (Å²) in [6.07, 6.45) is 0. The number of nitrogens with zero attached hydrogens (tertiary/aromatic N) is 2. The molecule has 2 aromatic rings. The molecule has 12 heteroatoms. The Hall–Kier alpha value is -2.67. The molecule has 172 valence electrons. The van der Waals surface area contributed by atoms with Crippen LogP contribution in [0.4, 0.5) is 0 Å². The minimum Gasteiger partial charge on any atom is -0.486 e.